The van der Waals surface area contributed by atoms with Crippen molar-refractivity contribution in [2.45, 2.75) is 0 Å². The number of hydrogen-bond acceptors (Lipinski definition) is 2. The zero-order valence-electron chi connectivity index (χ0n) is 4.92. The number of fused-ring (bicyclic) bond motifs is 1. The van der Waals surface area contributed by atoms with Gasteiger partial charge in [-0.1, -0.05) is 12.1 Å². The molecule has 2 rings (SSSR count). The highest BCUT2D eigenvalue weighted by molar-refractivity contribution is 5.58. The predicted molar refractivity (Wildman–Crippen MR) is 37.7 cm³/mol. The van der Waals surface area contributed by atoms with E-state index in [0.29, 0.717) is 6.73 Å². The third-order valence-electron chi connectivity index (χ3n) is 1.38. The van der Waals surface area contributed by atoms with Crippen LogP contribution in [0.25, 0.3) is 0 Å². The number of nitrogens with one attached hydrogen (secondary N) is 1. The van der Waals surface area contributed by atoms with Crippen molar-refractivity contribution in [3.63, 3.8) is 0 Å². The molecular formula is C7H9NO. The molecule has 2 nitrogen and oxygen atoms in total. The molecular weight excluding hydrogens is 114 g/mol. The van der Waals surface area contributed by atoms with Gasteiger partial charge in [0.25, 0.3) is 0 Å². The van der Waals surface area contributed by atoms with Gasteiger partial charge in [-0.15, -0.1) is 0 Å². The van der Waals surface area contributed by atoms with Gasteiger partial charge in [-0.3, -0.25) is 0 Å². The average molecular weight is 123 g/mol. The van der Waals surface area contributed by atoms with Crippen molar-refractivity contribution in [2.24, 2.45) is 0 Å². The van der Waals surface area contributed by atoms with Crippen LogP contribution in [0.5, 0.6) is 5.75 Å². The van der Waals surface area contributed by atoms with E-state index in [2.05, 4.69) is 5.32 Å². The third-order valence-corrected chi connectivity index (χ3v) is 1.38. The van der Waals surface area contributed by atoms with Gasteiger partial charge in [0.15, 0.2) is 6.73 Å². The van der Waals surface area contributed by atoms with Crippen LogP contribution in [0, 0.1) is 0 Å². The number of ether oxygens (including phenoxy) is 1. The highest BCUT2D eigenvalue weighted by Crippen LogP contribution is 2.27. The summed E-state index contributed by atoms with van der Waals surface area (Å²) in [5.41, 5.74) is 1.09. The molecule has 0 spiro atoms. The lowest BCUT2D eigenvalue weighted by Crippen LogP contribution is -1.96. The summed E-state index contributed by atoms with van der Waals surface area (Å²) in [6.07, 6.45) is 0. The Balaban J connectivity index is 0.000000500. The van der Waals surface area contributed by atoms with Gasteiger partial charge in [-0.05, 0) is 12.1 Å². The second-order valence-electron chi connectivity index (χ2n) is 1.96. The Hall–Kier alpha value is -1.18. The molecule has 2 heteroatoms. The Morgan fingerprint density at radius 1 is 1.44 bits per heavy atom. The molecule has 0 amide bonds. The molecule has 0 aromatic heterocycles. The lowest BCUT2D eigenvalue weighted by molar-refractivity contribution is 0.372. The fourth-order valence-electron chi connectivity index (χ4n) is 0.930. The first-order valence-corrected chi connectivity index (χ1v) is 2.92. The first-order chi connectivity index (χ1) is 4.47. The first kappa shape index (κ1) is 4.68. The lowest BCUT2D eigenvalue weighted by Gasteiger charge is -1.91. The van der Waals surface area contributed by atoms with Crippen LogP contribution in [-0.4, -0.2) is 6.73 Å². The molecule has 1 aromatic carbocycles. The maximum Gasteiger partial charge on any atom is 0.159 e. The molecule has 0 radical (unpaired) electrons. The minimum Gasteiger partial charge on any atom is -0.471 e. The monoisotopic (exact) mass is 123 g/mol. The van der Waals surface area contributed by atoms with Gasteiger partial charge < -0.3 is 10.1 Å². The van der Waals surface area contributed by atoms with Crippen molar-refractivity contribution < 1.29 is 6.16 Å². The Bertz CT molecular complexity index is 204. The number of anilines is 1. The maximum atomic E-state index is 5.19. The fraction of sp³-hybridized carbons (Fsp3) is 0.143. The SMILES string of the molecule is [HH].c1ccc2c(c1)NCO2. The molecule has 0 aliphatic carbocycles. The quantitative estimate of drug-likeness (QED) is 0.566. The van der Waals surface area contributed by atoms with Crippen LogP contribution in [-0.2, 0) is 0 Å². The summed E-state index contributed by atoms with van der Waals surface area (Å²) in [6, 6.07) is 7.91. The average Bonchev–Trinajstić information content (AvgIpc) is 2.33. The van der Waals surface area contributed by atoms with E-state index in [0.717, 1.165) is 11.4 Å². The lowest BCUT2D eigenvalue weighted by atomic mass is 10.3. The van der Waals surface area contributed by atoms with Gasteiger partial charge in [-0.25, -0.2) is 0 Å². The molecule has 0 saturated heterocycles. The Kier molecular flexibility index (Phi) is 0.859. The largest absolute Gasteiger partial charge is 0.471 e. The van der Waals surface area contributed by atoms with Gasteiger partial charge in [0.05, 0.1) is 5.69 Å². The molecule has 1 aromatic rings. The van der Waals surface area contributed by atoms with Crippen molar-refractivity contribution in [1.29, 1.82) is 0 Å². The second kappa shape index (κ2) is 1.65. The topological polar surface area (TPSA) is 21.3 Å². The fourth-order valence-corrected chi connectivity index (χ4v) is 0.930. The standard InChI is InChI=1S/C7H7NO.H2/c1-2-4-7-6(3-1)8-5-9-7;/h1-4,8H,5H2;1H. The Morgan fingerprint density at radius 2 is 2.33 bits per heavy atom. The van der Waals surface area contributed by atoms with E-state index in [1.54, 1.807) is 0 Å². The van der Waals surface area contributed by atoms with Crippen molar-refractivity contribution >= 4 is 5.69 Å². The van der Waals surface area contributed by atoms with E-state index < -0.39 is 0 Å². The summed E-state index contributed by atoms with van der Waals surface area (Å²) in [6.45, 7) is 0.610. The molecule has 1 aliphatic rings. The smallest absolute Gasteiger partial charge is 0.159 e. The van der Waals surface area contributed by atoms with E-state index in [9.17, 15) is 0 Å². The van der Waals surface area contributed by atoms with Crippen LogP contribution in [0.3, 0.4) is 0 Å². The molecule has 48 valence electrons. The van der Waals surface area contributed by atoms with Crippen molar-refractivity contribution in [2.75, 3.05) is 12.0 Å². The Labute approximate surface area is 54.9 Å². The molecule has 0 unspecified atom stereocenters. The van der Waals surface area contributed by atoms with Crippen molar-refractivity contribution in [3.05, 3.63) is 24.3 Å². The van der Waals surface area contributed by atoms with Crippen LogP contribution < -0.4 is 10.1 Å². The van der Waals surface area contributed by atoms with Gasteiger partial charge in [0.1, 0.15) is 5.75 Å². The first-order valence-electron chi connectivity index (χ1n) is 2.92. The highest BCUT2D eigenvalue weighted by atomic mass is 16.5. The maximum absolute atomic E-state index is 5.19. The summed E-state index contributed by atoms with van der Waals surface area (Å²) in [5, 5.41) is 3.08. The summed E-state index contributed by atoms with van der Waals surface area (Å²) in [5.74, 6) is 0.956. The van der Waals surface area contributed by atoms with Crippen LogP contribution in [0.4, 0.5) is 5.69 Å². The summed E-state index contributed by atoms with van der Waals surface area (Å²) in [4.78, 5) is 0. The normalized spacial score (nSPS) is 13.8. The van der Waals surface area contributed by atoms with Crippen molar-refractivity contribution in [3.8, 4) is 5.75 Å². The molecule has 0 bridgehead atoms. The molecule has 1 aliphatic heterocycles. The van der Waals surface area contributed by atoms with Gasteiger partial charge in [0.2, 0.25) is 0 Å². The van der Waals surface area contributed by atoms with E-state index in [-0.39, 0.29) is 1.43 Å². The summed E-state index contributed by atoms with van der Waals surface area (Å²) < 4.78 is 5.19. The van der Waals surface area contributed by atoms with E-state index in [4.69, 9.17) is 4.74 Å². The van der Waals surface area contributed by atoms with Crippen LogP contribution in [0.15, 0.2) is 24.3 Å². The van der Waals surface area contributed by atoms with Crippen molar-refractivity contribution in [1.82, 2.24) is 0 Å². The predicted octanol–water partition coefficient (Wildman–Crippen LogP) is 1.69. The van der Waals surface area contributed by atoms with E-state index in [1.807, 2.05) is 24.3 Å². The Morgan fingerprint density at radius 3 is 3.22 bits per heavy atom. The minimum absolute atomic E-state index is 0. The molecule has 1 N–H and O–H groups in total. The minimum atomic E-state index is 0. The zero-order valence-corrected chi connectivity index (χ0v) is 4.92. The summed E-state index contributed by atoms with van der Waals surface area (Å²) >= 11 is 0. The molecule has 0 atom stereocenters. The number of benzene rings is 1. The van der Waals surface area contributed by atoms with Gasteiger partial charge in [-0.2, -0.15) is 0 Å². The van der Waals surface area contributed by atoms with Crippen LogP contribution in [0.2, 0.25) is 0 Å². The molecule has 9 heavy (non-hydrogen) atoms. The molecule has 1 heterocycles. The van der Waals surface area contributed by atoms with Gasteiger partial charge >= 0.3 is 0 Å². The second-order valence-corrected chi connectivity index (χ2v) is 1.96. The highest BCUT2D eigenvalue weighted by Gasteiger charge is 2.06. The van der Waals surface area contributed by atoms with Crippen LogP contribution in [0.1, 0.15) is 1.43 Å². The molecule has 0 saturated carbocycles. The van der Waals surface area contributed by atoms with Gasteiger partial charge in [0, 0.05) is 1.43 Å². The zero-order chi connectivity index (χ0) is 6.10. The van der Waals surface area contributed by atoms with E-state index in [1.165, 1.54) is 0 Å². The number of para-hydroxylation sites is 2. The van der Waals surface area contributed by atoms with E-state index >= 15 is 0 Å². The number of hydrogen-bond donors (Lipinski definition) is 1. The summed E-state index contributed by atoms with van der Waals surface area (Å²) in [7, 11) is 0. The van der Waals surface area contributed by atoms with Crippen LogP contribution >= 0.6 is 0 Å². The number of rotatable bonds is 0. The molecule has 0 fully saturated rings. The third kappa shape index (κ3) is 0.633.